The molecule has 0 spiro atoms. The molecule has 1 fully saturated rings. The molecule has 13 heavy (non-hydrogen) atoms. The molecular formula is C8H16O5. The lowest BCUT2D eigenvalue weighted by Crippen LogP contribution is -2.50. The highest BCUT2D eigenvalue weighted by atomic mass is 16.7. The third kappa shape index (κ3) is 2.62. The summed E-state index contributed by atoms with van der Waals surface area (Å²) in [6.07, 6.45) is -2.95. The van der Waals surface area contributed by atoms with Gasteiger partial charge in [-0.15, -0.1) is 0 Å². The summed E-state index contributed by atoms with van der Waals surface area (Å²) in [4.78, 5) is 0. The maximum absolute atomic E-state index is 9.40. The van der Waals surface area contributed by atoms with Gasteiger partial charge in [0, 0.05) is 13.0 Å². The summed E-state index contributed by atoms with van der Waals surface area (Å²) in [6.45, 7) is 1.99. The highest BCUT2D eigenvalue weighted by Crippen LogP contribution is 2.20. The summed E-state index contributed by atoms with van der Waals surface area (Å²) in [6, 6.07) is 0. The summed E-state index contributed by atoms with van der Waals surface area (Å²) < 4.78 is 10.2. The SMILES string of the molecule is CCO[C@H]1O[C@H](CO)C[C@H](O)[C@@H]1O. The molecule has 1 saturated heterocycles. The van der Waals surface area contributed by atoms with E-state index in [0.717, 1.165) is 0 Å². The van der Waals surface area contributed by atoms with Crippen LogP contribution in [0.2, 0.25) is 0 Å². The lowest BCUT2D eigenvalue weighted by molar-refractivity contribution is -0.269. The van der Waals surface area contributed by atoms with E-state index >= 15 is 0 Å². The molecular weight excluding hydrogens is 176 g/mol. The molecule has 1 rings (SSSR count). The Hall–Kier alpha value is -0.200. The monoisotopic (exact) mass is 192 g/mol. The summed E-state index contributed by atoms with van der Waals surface area (Å²) in [5.74, 6) is 0. The summed E-state index contributed by atoms with van der Waals surface area (Å²) in [5, 5.41) is 27.6. The molecule has 0 aromatic carbocycles. The second-order valence-corrected chi connectivity index (χ2v) is 3.06. The predicted molar refractivity (Wildman–Crippen MR) is 44.0 cm³/mol. The van der Waals surface area contributed by atoms with Crippen molar-refractivity contribution in [1.82, 2.24) is 0 Å². The smallest absolute Gasteiger partial charge is 0.186 e. The van der Waals surface area contributed by atoms with E-state index in [1.165, 1.54) is 0 Å². The summed E-state index contributed by atoms with van der Waals surface area (Å²) >= 11 is 0. The highest BCUT2D eigenvalue weighted by molar-refractivity contribution is 4.80. The van der Waals surface area contributed by atoms with Gasteiger partial charge in [-0.2, -0.15) is 0 Å². The zero-order valence-electron chi connectivity index (χ0n) is 7.59. The van der Waals surface area contributed by atoms with Crippen molar-refractivity contribution in [3.63, 3.8) is 0 Å². The van der Waals surface area contributed by atoms with Gasteiger partial charge in [0.05, 0.1) is 18.8 Å². The van der Waals surface area contributed by atoms with E-state index in [1.807, 2.05) is 0 Å². The molecule has 4 atom stereocenters. The van der Waals surface area contributed by atoms with E-state index in [2.05, 4.69) is 0 Å². The number of hydrogen-bond acceptors (Lipinski definition) is 5. The Balaban J connectivity index is 2.50. The fraction of sp³-hybridized carbons (Fsp3) is 1.00. The van der Waals surface area contributed by atoms with Gasteiger partial charge < -0.3 is 24.8 Å². The summed E-state index contributed by atoms with van der Waals surface area (Å²) in [7, 11) is 0. The van der Waals surface area contributed by atoms with E-state index in [1.54, 1.807) is 6.92 Å². The average molecular weight is 192 g/mol. The van der Waals surface area contributed by atoms with Crippen LogP contribution in [0, 0.1) is 0 Å². The third-order valence-electron chi connectivity index (χ3n) is 2.04. The van der Waals surface area contributed by atoms with Gasteiger partial charge in [-0.05, 0) is 6.92 Å². The molecule has 0 radical (unpaired) electrons. The maximum atomic E-state index is 9.40. The zero-order valence-corrected chi connectivity index (χ0v) is 7.59. The average Bonchev–Trinajstić information content (AvgIpc) is 2.13. The van der Waals surface area contributed by atoms with Crippen LogP contribution in [0.25, 0.3) is 0 Å². The van der Waals surface area contributed by atoms with Crippen molar-refractivity contribution in [3.05, 3.63) is 0 Å². The van der Waals surface area contributed by atoms with E-state index < -0.39 is 24.6 Å². The first-order chi connectivity index (χ1) is 6.19. The topological polar surface area (TPSA) is 79.2 Å². The number of rotatable bonds is 3. The van der Waals surface area contributed by atoms with Crippen LogP contribution in [0.5, 0.6) is 0 Å². The Labute approximate surface area is 76.9 Å². The van der Waals surface area contributed by atoms with Gasteiger partial charge in [-0.3, -0.25) is 0 Å². The lowest BCUT2D eigenvalue weighted by Gasteiger charge is -2.35. The molecule has 0 bridgehead atoms. The molecule has 0 aliphatic carbocycles. The second-order valence-electron chi connectivity index (χ2n) is 3.06. The first-order valence-electron chi connectivity index (χ1n) is 4.43. The van der Waals surface area contributed by atoms with Gasteiger partial charge in [-0.1, -0.05) is 0 Å². The quantitative estimate of drug-likeness (QED) is 0.526. The van der Waals surface area contributed by atoms with Gasteiger partial charge in [0.15, 0.2) is 6.29 Å². The van der Waals surface area contributed by atoms with E-state index in [-0.39, 0.29) is 13.0 Å². The largest absolute Gasteiger partial charge is 0.394 e. The Kier molecular flexibility index (Phi) is 4.08. The molecule has 0 unspecified atom stereocenters. The van der Waals surface area contributed by atoms with E-state index in [0.29, 0.717) is 6.61 Å². The van der Waals surface area contributed by atoms with Gasteiger partial charge in [0.25, 0.3) is 0 Å². The van der Waals surface area contributed by atoms with E-state index in [4.69, 9.17) is 14.6 Å². The lowest BCUT2D eigenvalue weighted by atomic mass is 10.0. The molecule has 5 nitrogen and oxygen atoms in total. The highest BCUT2D eigenvalue weighted by Gasteiger charge is 2.36. The normalized spacial score (nSPS) is 40.6. The van der Waals surface area contributed by atoms with Crippen LogP contribution in [0.15, 0.2) is 0 Å². The Morgan fingerprint density at radius 3 is 2.69 bits per heavy atom. The predicted octanol–water partition coefficient (Wildman–Crippen LogP) is -1.15. The van der Waals surface area contributed by atoms with Gasteiger partial charge in [-0.25, -0.2) is 0 Å². The molecule has 0 amide bonds. The molecule has 5 heteroatoms. The molecule has 0 saturated carbocycles. The number of ether oxygens (including phenoxy) is 2. The Morgan fingerprint density at radius 2 is 2.15 bits per heavy atom. The number of hydrogen-bond donors (Lipinski definition) is 3. The van der Waals surface area contributed by atoms with Gasteiger partial charge in [0.1, 0.15) is 6.10 Å². The Morgan fingerprint density at radius 1 is 1.46 bits per heavy atom. The molecule has 78 valence electrons. The van der Waals surface area contributed by atoms with Crippen molar-refractivity contribution < 1.29 is 24.8 Å². The van der Waals surface area contributed by atoms with Gasteiger partial charge >= 0.3 is 0 Å². The molecule has 0 aromatic rings. The van der Waals surface area contributed by atoms with Gasteiger partial charge in [0.2, 0.25) is 0 Å². The van der Waals surface area contributed by atoms with E-state index in [9.17, 15) is 10.2 Å². The zero-order chi connectivity index (χ0) is 9.84. The second kappa shape index (κ2) is 4.88. The third-order valence-corrected chi connectivity index (χ3v) is 2.04. The molecule has 1 aliphatic heterocycles. The summed E-state index contributed by atoms with van der Waals surface area (Å²) in [5.41, 5.74) is 0. The standard InChI is InChI=1S/C8H16O5/c1-2-12-8-7(11)6(10)3-5(4-9)13-8/h5-11H,2-4H2,1H3/t5-,6-,7-,8-/m0/s1. The van der Waals surface area contributed by atoms with Crippen LogP contribution in [0.3, 0.4) is 0 Å². The van der Waals surface area contributed by atoms with Crippen LogP contribution < -0.4 is 0 Å². The fourth-order valence-electron chi connectivity index (χ4n) is 1.34. The van der Waals surface area contributed by atoms with Crippen LogP contribution >= 0.6 is 0 Å². The molecule has 1 heterocycles. The molecule has 0 aromatic heterocycles. The van der Waals surface area contributed by atoms with Crippen molar-refractivity contribution in [2.45, 2.75) is 37.9 Å². The molecule has 3 N–H and O–H groups in total. The Bertz CT molecular complexity index is 151. The maximum Gasteiger partial charge on any atom is 0.186 e. The number of aliphatic hydroxyl groups excluding tert-OH is 3. The minimum absolute atomic E-state index is 0.173. The fourth-order valence-corrected chi connectivity index (χ4v) is 1.34. The van der Waals surface area contributed by atoms with Crippen molar-refractivity contribution in [2.24, 2.45) is 0 Å². The van der Waals surface area contributed by atoms with Crippen molar-refractivity contribution in [1.29, 1.82) is 0 Å². The van der Waals surface area contributed by atoms with Crippen LogP contribution in [-0.4, -0.2) is 53.1 Å². The van der Waals surface area contributed by atoms with Crippen LogP contribution in [0.1, 0.15) is 13.3 Å². The molecule has 1 aliphatic rings. The van der Waals surface area contributed by atoms with Crippen molar-refractivity contribution in [2.75, 3.05) is 13.2 Å². The van der Waals surface area contributed by atoms with Crippen molar-refractivity contribution in [3.8, 4) is 0 Å². The van der Waals surface area contributed by atoms with Crippen molar-refractivity contribution >= 4 is 0 Å². The van der Waals surface area contributed by atoms with Crippen LogP contribution in [-0.2, 0) is 9.47 Å². The first-order valence-corrected chi connectivity index (χ1v) is 4.43. The minimum Gasteiger partial charge on any atom is -0.394 e. The number of aliphatic hydroxyl groups is 3. The first kappa shape index (κ1) is 10.9. The van der Waals surface area contributed by atoms with Crippen LogP contribution in [0.4, 0.5) is 0 Å². The minimum atomic E-state index is -1.03.